The number of rotatable bonds is 5. The van der Waals surface area contributed by atoms with Gasteiger partial charge in [-0.05, 0) is 12.1 Å². The Morgan fingerprint density at radius 1 is 0.880 bits per heavy atom. The quantitative estimate of drug-likeness (QED) is 0.692. The molecule has 25 heavy (non-hydrogen) atoms. The number of benzene rings is 1. The Kier molecular flexibility index (Phi) is 5.41. The van der Waals surface area contributed by atoms with Crippen LogP contribution in [0.4, 0.5) is 54.0 Å². The lowest BCUT2D eigenvalue weighted by atomic mass is 9.87. The van der Waals surface area contributed by atoms with Crippen LogP contribution in [0.25, 0.3) is 0 Å². The van der Waals surface area contributed by atoms with E-state index in [2.05, 4.69) is 10.1 Å². The minimum Gasteiger partial charge on any atom is -0.433 e. The lowest BCUT2D eigenvalue weighted by Crippen LogP contribution is -2.59. The molecule has 0 bridgehead atoms. The van der Waals surface area contributed by atoms with Gasteiger partial charge in [0.25, 0.3) is 0 Å². The number of alkyl halides is 11. The summed E-state index contributed by atoms with van der Waals surface area (Å²) in [6, 6.07) is 0.0437. The summed E-state index contributed by atoms with van der Waals surface area (Å²) in [7, 11) is 1.06. The van der Waals surface area contributed by atoms with Crippen molar-refractivity contribution in [1.29, 1.82) is 0 Å². The summed E-state index contributed by atoms with van der Waals surface area (Å²) >= 11 is 0. The third-order valence-electron chi connectivity index (χ3n) is 3.04. The first kappa shape index (κ1) is 21.1. The third-order valence-corrected chi connectivity index (χ3v) is 3.04. The van der Waals surface area contributed by atoms with Gasteiger partial charge in [-0.15, -0.1) is 0 Å². The summed E-state index contributed by atoms with van der Waals surface area (Å²) < 4.78 is 145. The molecule has 0 amide bonds. The fourth-order valence-corrected chi connectivity index (χ4v) is 1.85. The first-order chi connectivity index (χ1) is 11.1. The van der Waals surface area contributed by atoms with Crippen LogP contribution in [0.3, 0.4) is 0 Å². The Bertz CT molecular complexity index is 610. The highest BCUT2D eigenvalue weighted by atomic mass is 19.4. The van der Waals surface area contributed by atoms with Gasteiger partial charge in [0.1, 0.15) is 5.75 Å². The van der Waals surface area contributed by atoms with Crippen LogP contribution in [0.5, 0.6) is 5.75 Å². The van der Waals surface area contributed by atoms with Gasteiger partial charge in [-0.1, -0.05) is 6.07 Å². The van der Waals surface area contributed by atoms with E-state index in [1.807, 2.05) is 0 Å². The summed E-state index contributed by atoms with van der Waals surface area (Å²) in [5, 5.41) is 2.12. The van der Waals surface area contributed by atoms with Crippen molar-refractivity contribution in [3.05, 3.63) is 23.8 Å². The monoisotopic (exact) mass is 391 g/mol. The molecule has 0 aliphatic rings. The highest BCUT2D eigenvalue weighted by Gasteiger charge is 2.81. The molecule has 0 spiro atoms. The molecule has 0 radical (unpaired) electrons. The maximum Gasteiger partial charge on any atom is 0.457 e. The van der Waals surface area contributed by atoms with Crippen molar-refractivity contribution >= 4 is 5.69 Å². The molecule has 1 unspecified atom stereocenters. The SMILES string of the molecule is CNc1ccc(C(F)(C(F)(F)F)C(F)(F)C(F)(F)F)cc1OC(F)F. The fourth-order valence-electron chi connectivity index (χ4n) is 1.85. The van der Waals surface area contributed by atoms with Crippen LogP contribution < -0.4 is 10.1 Å². The van der Waals surface area contributed by atoms with Gasteiger partial charge in [0.15, 0.2) is 0 Å². The van der Waals surface area contributed by atoms with Gasteiger partial charge < -0.3 is 10.1 Å². The lowest BCUT2D eigenvalue weighted by Gasteiger charge is -2.36. The minimum atomic E-state index is -6.91. The second-order valence-corrected chi connectivity index (χ2v) is 4.57. The van der Waals surface area contributed by atoms with Gasteiger partial charge in [0, 0.05) is 12.6 Å². The summed E-state index contributed by atoms with van der Waals surface area (Å²) in [4.78, 5) is 0. The zero-order chi connectivity index (χ0) is 19.8. The Hall–Kier alpha value is -1.95. The molecule has 0 heterocycles. The largest absolute Gasteiger partial charge is 0.457 e. The summed E-state index contributed by atoms with van der Waals surface area (Å²) in [6.07, 6.45) is -13.6. The molecule has 0 aliphatic heterocycles. The molecule has 1 N–H and O–H groups in total. The van der Waals surface area contributed by atoms with E-state index in [1.165, 1.54) is 0 Å². The summed E-state index contributed by atoms with van der Waals surface area (Å²) in [5.74, 6) is -8.15. The molecule has 0 fully saturated rings. The van der Waals surface area contributed by atoms with Crippen LogP contribution in [0.2, 0.25) is 0 Å². The van der Waals surface area contributed by atoms with Crippen molar-refractivity contribution in [3.63, 3.8) is 0 Å². The second kappa shape index (κ2) is 6.41. The molecule has 0 aliphatic carbocycles. The predicted molar refractivity (Wildman–Crippen MR) is 62.5 cm³/mol. The second-order valence-electron chi connectivity index (χ2n) is 4.57. The molecule has 1 rings (SSSR count). The van der Waals surface area contributed by atoms with E-state index < -0.39 is 47.6 Å². The van der Waals surface area contributed by atoms with Gasteiger partial charge >= 0.3 is 30.6 Å². The summed E-state index contributed by atoms with van der Waals surface area (Å²) in [5.41, 5.74) is -8.98. The van der Waals surface area contributed by atoms with E-state index in [9.17, 15) is 48.3 Å². The van der Waals surface area contributed by atoms with E-state index in [1.54, 1.807) is 0 Å². The number of anilines is 1. The van der Waals surface area contributed by atoms with Crippen molar-refractivity contribution in [2.45, 2.75) is 30.6 Å². The third kappa shape index (κ3) is 3.54. The standard InChI is InChI=1S/C12H8F11NO/c1-24-6-3-2-5(4-7(6)25-8(13)14)9(15,11(18,19)20)10(16,17)12(21,22)23/h2-4,8,24H,1H3. The van der Waals surface area contributed by atoms with Crippen LogP contribution in [0.1, 0.15) is 5.56 Å². The molecule has 144 valence electrons. The number of hydrogen-bond acceptors (Lipinski definition) is 2. The topological polar surface area (TPSA) is 21.3 Å². The van der Waals surface area contributed by atoms with Crippen LogP contribution >= 0.6 is 0 Å². The Labute approximate surface area is 132 Å². The highest BCUT2D eigenvalue weighted by molar-refractivity contribution is 5.58. The van der Waals surface area contributed by atoms with E-state index in [4.69, 9.17) is 0 Å². The van der Waals surface area contributed by atoms with Crippen molar-refractivity contribution < 1.29 is 53.0 Å². The van der Waals surface area contributed by atoms with Crippen LogP contribution in [-0.4, -0.2) is 31.9 Å². The predicted octanol–water partition coefficient (Wildman–Crippen LogP) is 5.25. The zero-order valence-electron chi connectivity index (χ0n) is 11.9. The normalized spacial score (nSPS) is 15.9. The molecule has 0 aromatic heterocycles. The molecule has 0 saturated carbocycles. The maximum absolute atomic E-state index is 14.2. The maximum atomic E-state index is 14.2. The summed E-state index contributed by atoms with van der Waals surface area (Å²) in [6.45, 7) is -3.66. The molecule has 1 aromatic rings. The van der Waals surface area contributed by atoms with E-state index >= 15 is 0 Å². The van der Waals surface area contributed by atoms with Gasteiger partial charge in [-0.3, -0.25) is 0 Å². The van der Waals surface area contributed by atoms with Gasteiger partial charge in [0.05, 0.1) is 5.69 Å². The molecular weight excluding hydrogens is 383 g/mol. The molecule has 13 heteroatoms. The molecule has 2 nitrogen and oxygen atoms in total. The van der Waals surface area contributed by atoms with Gasteiger partial charge in [-0.2, -0.15) is 43.9 Å². The highest BCUT2D eigenvalue weighted by Crippen LogP contribution is 2.58. The average Bonchev–Trinajstić information content (AvgIpc) is 2.43. The first-order valence-corrected chi connectivity index (χ1v) is 6.07. The van der Waals surface area contributed by atoms with Gasteiger partial charge in [0.2, 0.25) is 0 Å². The Morgan fingerprint density at radius 3 is 1.76 bits per heavy atom. The molecule has 0 saturated heterocycles. The van der Waals surface area contributed by atoms with Crippen molar-refractivity contribution in [3.8, 4) is 5.75 Å². The smallest absolute Gasteiger partial charge is 0.433 e. The Morgan fingerprint density at radius 2 is 1.40 bits per heavy atom. The molecule has 1 atom stereocenters. The number of ether oxygens (including phenoxy) is 1. The zero-order valence-corrected chi connectivity index (χ0v) is 11.9. The van der Waals surface area contributed by atoms with Crippen LogP contribution in [-0.2, 0) is 5.67 Å². The first-order valence-electron chi connectivity index (χ1n) is 6.07. The lowest BCUT2D eigenvalue weighted by molar-refractivity contribution is -0.389. The van der Waals surface area contributed by atoms with E-state index in [0.717, 1.165) is 7.05 Å². The molecule has 1 aromatic carbocycles. The Balaban J connectivity index is 3.69. The molecular formula is C12H8F11NO. The van der Waals surface area contributed by atoms with Crippen LogP contribution in [0, 0.1) is 0 Å². The van der Waals surface area contributed by atoms with Crippen molar-refractivity contribution in [2.24, 2.45) is 0 Å². The number of nitrogens with one attached hydrogen (secondary N) is 1. The van der Waals surface area contributed by atoms with Gasteiger partial charge in [-0.25, -0.2) is 4.39 Å². The average molecular weight is 391 g/mol. The minimum absolute atomic E-state index is 0.0443. The van der Waals surface area contributed by atoms with E-state index in [0.29, 0.717) is 6.07 Å². The van der Waals surface area contributed by atoms with Crippen molar-refractivity contribution in [1.82, 2.24) is 0 Å². The number of halogens is 11. The van der Waals surface area contributed by atoms with Crippen molar-refractivity contribution in [2.75, 3.05) is 12.4 Å². The number of hydrogen-bond donors (Lipinski definition) is 1. The fraction of sp³-hybridized carbons (Fsp3) is 0.500. The van der Waals surface area contributed by atoms with Crippen LogP contribution in [0.15, 0.2) is 18.2 Å². The van der Waals surface area contributed by atoms with E-state index in [-0.39, 0.29) is 12.1 Å².